The molecule has 1 atom stereocenters. The van der Waals surface area contributed by atoms with Crippen LogP contribution in [0.2, 0.25) is 0 Å². The average Bonchev–Trinajstić information content (AvgIpc) is 2.78. The van der Waals surface area contributed by atoms with Gasteiger partial charge in [-0.3, -0.25) is 9.36 Å². The third-order valence-corrected chi connectivity index (χ3v) is 4.83. The summed E-state index contributed by atoms with van der Waals surface area (Å²) in [5.41, 5.74) is 0.451. The van der Waals surface area contributed by atoms with E-state index in [-0.39, 0.29) is 10.9 Å². The molecule has 1 N–H and O–H groups in total. The van der Waals surface area contributed by atoms with Gasteiger partial charge in [0, 0.05) is 30.3 Å². The number of fused-ring (bicyclic) bond motifs is 1. The highest BCUT2D eigenvalue weighted by atomic mass is 19.1. The van der Waals surface area contributed by atoms with Crippen molar-refractivity contribution in [2.75, 3.05) is 13.7 Å². The van der Waals surface area contributed by atoms with Crippen molar-refractivity contribution in [1.82, 2.24) is 14.9 Å². The number of halogens is 2. The molecule has 3 rings (SSSR count). The molecule has 0 aliphatic rings. The van der Waals surface area contributed by atoms with Crippen molar-refractivity contribution in [3.8, 4) is 17.6 Å². The number of hydrogen-bond acceptors (Lipinski definition) is 4. The molecule has 32 heavy (non-hydrogen) atoms. The number of nitrogens with zero attached hydrogens (tertiary/aromatic N) is 2. The Morgan fingerprint density at radius 2 is 2.12 bits per heavy atom. The molecule has 7 heteroatoms. The molecule has 0 aliphatic carbocycles. The van der Waals surface area contributed by atoms with Gasteiger partial charge in [-0.25, -0.2) is 13.8 Å². The summed E-state index contributed by atoms with van der Waals surface area (Å²) in [6, 6.07) is 8.12. The fraction of sp³-hybridized carbons (Fsp3) is 0.200. The van der Waals surface area contributed by atoms with Crippen LogP contribution in [0.15, 0.2) is 60.4 Å². The van der Waals surface area contributed by atoms with Gasteiger partial charge in [-0.15, -0.1) is 0 Å². The topological polar surface area (TPSA) is 56.1 Å². The number of rotatable bonds is 7. The second kappa shape index (κ2) is 10.0. The summed E-state index contributed by atoms with van der Waals surface area (Å²) in [6.45, 7) is 9.81. The fourth-order valence-electron chi connectivity index (χ4n) is 3.21. The maximum atomic E-state index is 14.3. The molecule has 1 heterocycles. The van der Waals surface area contributed by atoms with E-state index in [1.807, 2.05) is 6.92 Å². The van der Waals surface area contributed by atoms with E-state index in [0.29, 0.717) is 35.8 Å². The van der Waals surface area contributed by atoms with E-state index in [9.17, 15) is 13.6 Å². The summed E-state index contributed by atoms with van der Waals surface area (Å²) in [7, 11) is 1.46. The molecule has 1 aromatic heterocycles. The number of aromatic nitrogens is 2. The van der Waals surface area contributed by atoms with E-state index < -0.39 is 23.2 Å². The molecule has 1 unspecified atom stereocenters. The first-order chi connectivity index (χ1) is 15.3. The van der Waals surface area contributed by atoms with Gasteiger partial charge < -0.3 is 10.1 Å². The Balaban J connectivity index is 1.80. The van der Waals surface area contributed by atoms with Gasteiger partial charge in [0.2, 0.25) is 0 Å². The summed E-state index contributed by atoms with van der Waals surface area (Å²) in [5.74, 6) is 5.59. The zero-order valence-corrected chi connectivity index (χ0v) is 17.9. The number of hydrogen-bond donors (Lipinski definition) is 1. The number of para-hydroxylation sites is 1. The first-order valence-corrected chi connectivity index (χ1v) is 9.95. The highest BCUT2D eigenvalue weighted by Crippen LogP contribution is 2.19. The van der Waals surface area contributed by atoms with Gasteiger partial charge >= 0.3 is 0 Å². The van der Waals surface area contributed by atoms with Gasteiger partial charge in [0.25, 0.3) is 5.56 Å². The molecular weight excluding hydrogens is 412 g/mol. The van der Waals surface area contributed by atoms with Crippen LogP contribution >= 0.6 is 0 Å². The lowest BCUT2D eigenvalue weighted by atomic mass is 10.2. The summed E-state index contributed by atoms with van der Waals surface area (Å²) in [4.78, 5) is 17.4. The number of ether oxygens (including phenoxy) is 1. The van der Waals surface area contributed by atoms with Gasteiger partial charge in [-0.1, -0.05) is 31.1 Å². The summed E-state index contributed by atoms with van der Waals surface area (Å²) >= 11 is 0. The van der Waals surface area contributed by atoms with Crippen LogP contribution in [0, 0.1) is 23.5 Å². The fourth-order valence-corrected chi connectivity index (χ4v) is 3.21. The Hall–Kier alpha value is -3.76. The minimum atomic E-state index is -0.569. The molecule has 0 amide bonds. The second-order valence-electron chi connectivity index (χ2n) is 7.05. The number of benzene rings is 2. The van der Waals surface area contributed by atoms with Crippen LogP contribution in [-0.2, 0) is 0 Å². The Kier molecular flexibility index (Phi) is 7.18. The van der Waals surface area contributed by atoms with E-state index in [1.54, 1.807) is 6.07 Å². The molecule has 2 aromatic carbocycles. The predicted octanol–water partition coefficient (Wildman–Crippen LogP) is 4.43. The maximum absolute atomic E-state index is 14.3. The molecule has 3 aromatic rings. The molecule has 0 saturated heterocycles. The van der Waals surface area contributed by atoms with E-state index >= 15 is 0 Å². The molecule has 0 bridgehead atoms. The third kappa shape index (κ3) is 4.93. The van der Waals surface area contributed by atoms with E-state index in [0.717, 1.165) is 0 Å². The molecule has 0 aliphatic heterocycles. The molecule has 5 nitrogen and oxygen atoms in total. The van der Waals surface area contributed by atoms with Crippen molar-refractivity contribution < 1.29 is 13.5 Å². The number of allylic oxidation sites excluding steroid dienone is 2. The lowest BCUT2D eigenvalue weighted by Gasteiger charge is -2.19. The lowest BCUT2D eigenvalue weighted by Crippen LogP contribution is -2.30. The number of nitrogens with one attached hydrogen (secondary N) is 1. The van der Waals surface area contributed by atoms with E-state index in [4.69, 9.17) is 4.74 Å². The standard InChI is InChI=1S/C25H23F2N3O2/c1-5-16(2)30-24(29-23-21(25(30)31)10-8-11-22(23)27)17(3)28-12-7-6-9-18-13-19(26)15-20(14-18)32-4/h5,8,10-11,13-15,17,28H,1-2,7,12H2,3-4H3. The predicted molar refractivity (Wildman–Crippen MR) is 122 cm³/mol. The van der Waals surface area contributed by atoms with Crippen LogP contribution < -0.4 is 15.6 Å². The summed E-state index contributed by atoms with van der Waals surface area (Å²) in [6.07, 6.45) is 1.90. The highest BCUT2D eigenvalue weighted by molar-refractivity contribution is 5.79. The van der Waals surface area contributed by atoms with Crippen LogP contribution in [-0.4, -0.2) is 23.2 Å². The van der Waals surface area contributed by atoms with Crippen LogP contribution in [0.1, 0.15) is 30.8 Å². The summed E-state index contributed by atoms with van der Waals surface area (Å²) in [5, 5.41) is 3.40. The molecular formula is C25H23F2N3O2. The molecule has 164 valence electrons. The van der Waals surface area contributed by atoms with Gasteiger partial charge in [0.05, 0.1) is 18.5 Å². The van der Waals surface area contributed by atoms with Gasteiger partial charge in [0.15, 0.2) is 0 Å². The SMILES string of the molecule is C=CC(=C)n1c(C(C)NCCC#Cc2cc(F)cc(OC)c2)nc2c(F)cccc2c1=O. The number of methoxy groups -OCH3 is 1. The smallest absolute Gasteiger partial charge is 0.266 e. The Labute approximate surface area is 185 Å². The molecule has 0 radical (unpaired) electrons. The highest BCUT2D eigenvalue weighted by Gasteiger charge is 2.18. The van der Waals surface area contributed by atoms with Gasteiger partial charge in [-0.05, 0) is 37.3 Å². The summed E-state index contributed by atoms with van der Waals surface area (Å²) < 4.78 is 34.2. The van der Waals surface area contributed by atoms with E-state index in [2.05, 4.69) is 35.3 Å². The minimum Gasteiger partial charge on any atom is -0.497 e. The Morgan fingerprint density at radius 1 is 1.34 bits per heavy atom. The Morgan fingerprint density at radius 3 is 2.84 bits per heavy atom. The van der Waals surface area contributed by atoms with Crippen LogP contribution in [0.5, 0.6) is 5.75 Å². The Bertz CT molecular complexity index is 1300. The monoisotopic (exact) mass is 435 g/mol. The average molecular weight is 435 g/mol. The van der Waals surface area contributed by atoms with Crippen LogP contribution in [0.3, 0.4) is 0 Å². The van der Waals surface area contributed by atoms with Gasteiger partial charge in [-0.2, -0.15) is 0 Å². The van der Waals surface area contributed by atoms with Crippen molar-refractivity contribution in [2.45, 2.75) is 19.4 Å². The normalized spacial score (nSPS) is 11.5. The lowest BCUT2D eigenvalue weighted by molar-refractivity contribution is 0.411. The molecule has 0 spiro atoms. The molecule has 0 saturated carbocycles. The van der Waals surface area contributed by atoms with Crippen LogP contribution in [0.25, 0.3) is 16.6 Å². The van der Waals surface area contributed by atoms with Crippen molar-refractivity contribution in [3.63, 3.8) is 0 Å². The van der Waals surface area contributed by atoms with Gasteiger partial charge in [0.1, 0.15) is 28.7 Å². The second-order valence-corrected chi connectivity index (χ2v) is 7.05. The van der Waals surface area contributed by atoms with Crippen molar-refractivity contribution in [2.24, 2.45) is 0 Å². The van der Waals surface area contributed by atoms with Crippen molar-refractivity contribution in [3.05, 3.63) is 89.0 Å². The van der Waals surface area contributed by atoms with E-state index in [1.165, 1.54) is 48.1 Å². The zero-order chi connectivity index (χ0) is 23.3. The minimum absolute atomic E-state index is 0.00843. The first-order valence-electron chi connectivity index (χ1n) is 9.95. The van der Waals surface area contributed by atoms with Crippen molar-refractivity contribution in [1.29, 1.82) is 0 Å². The quantitative estimate of drug-likeness (QED) is 0.339. The van der Waals surface area contributed by atoms with Crippen LogP contribution in [0.4, 0.5) is 8.78 Å². The third-order valence-electron chi connectivity index (χ3n) is 4.83. The maximum Gasteiger partial charge on any atom is 0.266 e. The zero-order valence-electron chi connectivity index (χ0n) is 17.9. The largest absolute Gasteiger partial charge is 0.497 e. The first kappa shape index (κ1) is 22.9. The molecule has 0 fully saturated rings. The van der Waals surface area contributed by atoms with Crippen molar-refractivity contribution >= 4 is 16.6 Å².